The van der Waals surface area contributed by atoms with Gasteiger partial charge in [-0.05, 0) is 227 Å². The van der Waals surface area contributed by atoms with Gasteiger partial charge in [0.1, 0.15) is 34.5 Å². The number of rotatable bonds is 6. The number of hydrogen-bond donors (Lipinski definition) is 0. The smallest absolute Gasteiger partial charge is 0.123 e. The van der Waals surface area contributed by atoms with Gasteiger partial charge in [-0.25, -0.2) is 0 Å². The van der Waals surface area contributed by atoms with Gasteiger partial charge in [-0.1, -0.05) is 158 Å². The minimum atomic E-state index is 0.0550. The van der Waals surface area contributed by atoms with Crippen LogP contribution >= 0.6 is 0 Å². The van der Waals surface area contributed by atoms with Crippen molar-refractivity contribution in [1.29, 1.82) is 0 Å². The Bertz CT molecular complexity index is 5110. The fourth-order valence-corrected chi connectivity index (χ4v) is 17.6. The summed E-state index contributed by atoms with van der Waals surface area (Å²) in [4.78, 5) is 0. The zero-order chi connectivity index (χ0) is 59.6. The lowest BCUT2D eigenvalue weighted by Gasteiger charge is -2.24. The van der Waals surface area contributed by atoms with Crippen molar-refractivity contribution >= 4 is 64.6 Å². The number of methoxy groups -OCH3 is 4. The Hall–Kier alpha value is -10.6. The largest absolute Gasteiger partial charge is 0.497 e. The summed E-state index contributed by atoms with van der Waals surface area (Å²) in [6, 6.07) is 80.2. The van der Waals surface area contributed by atoms with E-state index in [1.54, 1.807) is 28.4 Å². The van der Waals surface area contributed by atoms with E-state index in [0.717, 1.165) is 60.6 Å². The molecule has 4 atom stereocenters. The van der Waals surface area contributed by atoms with Crippen LogP contribution in [0.15, 0.2) is 218 Å². The maximum Gasteiger partial charge on any atom is 0.123 e. The molecule has 0 amide bonds. The summed E-state index contributed by atoms with van der Waals surface area (Å²) in [7, 11) is 6.96. The summed E-state index contributed by atoms with van der Waals surface area (Å²) in [5, 5.41) is 16.0. The predicted molar refractivity (Wildman–Crippen MR) is 365 cm³/mol. The molecule has 14 aromatic carbocycles. The summed E-state index contributed by atoms with van der Waals surface area (Å²) in [5.41, 5.74) is 24.1. The van der Waals surface area contributed by atoms with E-state index in [0.29, 0.717) is 11.8 Å². The average molecular weight is 1170 g/mol. The summed E-state index contributed by atoms with van der Waals surface area (Å²) in [6.45, 7) is 1.49. The second kappa shape index (κ2) is 19.5. The molecule has 0 aromatic heterocycles. The molecule has 6 nitrogen and oxygen atoms in total. The highest BCUT2D eigenvalue weighted by Crippen LogP contribution is 2.65. The van der Waals surface area contributed by atoms with Gasteiger partial charge in [-0.3, -0.25) is 0 Å². The molecule has 2 aliphatic heterocycles. The van der Waals surface area contributed by atoms with Crippen LogP contribution in [0.3, 0.4) is 0 Å². The van der Waals surface area contributed by atoms with Crippen LogP contribution in [0.1, 0.15) is 92.1 Å². The van der Waals surface area contributed by atoms with Crippen LogP contribution in [0, 0.1) is 0 Å². The molecule has 0 saturated heterocycles. The summed E-state index contributed by atoms with van der Waals surface area (Å²) in [5.74, 6) is 6.35. The zero-order valence-corrected chi connectivity index (χ0v) is 50.4. The van der Waals surface area contributed by atoms with Crippen LogP contribution in [0.25, 0.3) is 109 Å². The Morgan fingerprint density at radius 3 is 0.967 bits per heavy atom. The Kier molecular flexibility index (Phi) is 11.1. The van der Waals surface area contributed by atoms with Crippen molar-refractivity contribution in [1.82, 2.24) is 0 Å². The monoisotopic (exact) mass is 1160 g/mol. The molecule has 20 rings (SSSR count). The highest BCUT2D eigenvalue weighted by atomic mass is 16.5. The number of benzene rings is 14. The highest BCUT2D eigenvalue weighted by Gasteiger charge is 2.43. The Morgan fingerprint density at radius 2 is 0.611 bits per heavy atom. The van der Waals surface area contributed by atoms with Gasteiger partial charge in [0.2, 0.25) is 0 Å². The average Bonchev–Trinajstić information content (AvgIpc) is 1.91. The molecule has 0 bridgehead atoms. The molecular weight excluding hydrogens is 1100 g/mol. The summed E-state index contributed by atoms with van der Waals surface area (Å²) < 4.78 is 35.3. The normalized spacial score (nSPS) is 17.1. The Labute approximate surface area is 521 Å². The first-order valence-corrected chi connectivity index (χ1v) is 31.6. The van der Waals surface area contributed by atoms with Gasteiger partial charge in [0, 0.05) is 34.8 Å². The third-order valence-corrected chi connectivity index (χ3v) is 21.1. The fraction of sp³-hybridized carbons (Fsp3) is 0.143. The van der Waals surface area contributed by atoms with Crippen molar-refractivity contribution in [2.24, 2.45) is 0 Å². The quantitative estimate of drug-likeness (QED) is 0.155. The van der Waals surface area contributed by atoms with E-state index in [1.165, 1.54) is 165 Å². The van der Waals surface area contributed by atoms with E-state index < -0.39 is 0 Å². The molecule has 0 fully saturated rings. The predicted octanol–water partition coefficient (Wildman–Crippen LogP) is 20.4. The summed E-state index contributed by atoms with van der Waals surface area (Å²) >= 11 is 0. The van der Waals surface area contributed by atoms with Gasteiger partial charge in [0.05, 0.1) is 41.7 Å². The van der Waals surface area contributed by atoms with Gasteiger partial charge in [0.15, 0.2) is 0 Å². The van der Waals surface area contributed by atoms with E-state index in [2.05, 4.69) is 218 Å². The minimum Gasteiger partial charge on any atom is -0.497 e. The number of hydrogen-bond acceptors (Lipinski definition) is 6. The van der Waals surface area contributed by atoms with E-state index in [4.69, 9.17) is 28.4 Å². The third kappa shape index (κ3) is 6.93. The van der Waals surface area contributed by atoms with Crippen LogP contribution in [-0.2, 0) is 0 Å². The van der Waals surface area contributed by atoms with Crippen LogP contribution < -0.4 is 28.4 Å². The van der Waals surface area contributed by atoms with Crippen LogP contribution in [0.5, 0.6) is 34.5 Å². The molecule has 2 heterocycles. The lowest BCUT2D eigenvalue weighted by molar-refractivity contribution is 0.279. The van der Waals surface area contributed by atoms with E-state index >= 15 is 0 Å². The topological polar surface area (TPSA) is 55.4 Å². The van der Waals surface area contributed by atoms with Crippen LogP contribution in [0.2, 0.25) is 0 Å². The fourth-order valence-electron chi connectivity index (χ4n) is 17.6. The second-order valence-electron chi connectivity index (χ2n) is 25.0. The molecule has 432 valence electrons. The molecule has 6 aliphatic rings. The maximum absolute atomic E-state index is 6.26. The number of fused-ring (bicyclic) bond motifs is 30. The maximum atomic E-state index is 6.26. The van der Waals surface area contributed by atoms with Crippen LogP contribution in [0.4, 0.5) is 0 Å². The van der Waals surface area contributed by atoms with Crippen molar-refractivity contribution in [2.75, 3.05) is 41.7 Å². The Balaban J connectivity index is 0.000000130. The molecule has 14 aromatic rings. The zero-order valence-electron chi connectivity index (χ0n) is 50.4. The first-order chi connectivity index (χ1) is 44.5. The highest BCUT2D eigenvalue weighted by molar-refractivity contribution is 6.33. The lowest BCUT2D eigenvalue weighted by Crippen LogP contribution is -2.12. The third-order valence-electron chi connectivity index (χ3n) is 21.1. The Morgan fingerprint density at radius 1 is 0.289 bits per heavy atom. The second-order valence-corrected chi connectivity index (χ2v) is 25.0. The molecule has 4 aliphatic carbocycles. The molecule has 0 radical (unpaired) electrons. The van der Waals surface area contributed by atoms with Crippen molar-refractivity contribution in [2.45, 2.75) is 36.5 Å². The van der Waals surface area contributed by atoms with Gasteiger partial charge in [-0.2, -0.15) is 0 Å². The molecule has 90 heavy (non-hydrogen) atoms. The van der Waals surface area contributed by atoms with Crippen molar-refractivity contribution in [3.05, 3.63) is 274 Å². The molecule has 0 spiro atoms. The van der Waals surface area contributed by atoms with Crippen molar-refractivity contribution in [3.63, 3.8) is 0 Å². The molecule has 0 saturated carbocycles. The molecule has 0 N–H and O–H groups in total. The van der Waals surface area contributed by atoms with Gasteiger partial charge in [0.25, 0.3) is 0 Å². The molecular formula is C84H60O6. The van der Waals surface area contributed by atoms with Crippen LogP contribution in [-0.4, -0.2) is 41.7 Å². The summed E-state index contributed by atoms with van der Waals surface area (Å²) in [6.07, 6.45) is 2.00. The van der Waals surface area contributed by atoms with E-state index in [1.807, 2.05) is 0 Å². The number of ether oxygens (including phenoxy) is 6. The van der Waals surface area contributed by atoms with Gasteiger partial charge in [-0.15, -0.1) is 0 Å². The molecule has 0 unspecified atom stereocenters. The van der Waals surface area contributed by atoms with E-state index in [-0.39, 0.29) is 11.8 Å². The lowest BCUT2D eigenvalue weighted by atomic mass is 9.80. The van der Waals surface area contributed by atoms with Gasteiger partial charge < -0.3 is 28.4 Å². The first kappa shape index (κ1) is 51.5. The molecule has 6 heteroatoms. The van der Waals surface area contributed by atoms with Gasteiger partial charge >= 0.3 is 0 Å². The SMILES string of the molecule is COc1ccc([C@@H]2c3cc(OC)ccc3-c3c2c2ccccc2c2c4c(c5ccccc5c32)[C@@H]2CCOc3cccc-4c32)cc1.COc1ccc([C@H]2c3cc(OC)ccc3-c3c2c2ccccc2c2c4c(c5ccccc5c32)[C@@H]2CCOc3cccc-4c32)cc1. The van der Waals surface area contributed by atoms with Crippen molar-refractivity contribution < 1.29 is 28.4 Å². The standard InChI is InChI=1S/2C42H30O3/c2*1-43-24-16-14-23(15-17-24)35-33-22-25(44-2)18-19-30(33)41-38(35)28-10-5-6-11-29(28)40-39(41)27-9-4-3-8-26(27)37-32-20-21-45-34-13-7-12-31(36(32)34)42(37)40/h2*3-19,22,32,35H,20-21H2,1-2H3/t32-,35+;32-,35-/m11/s1. The first-order valence-electron chi connectivity index (χ1n) is 31.6. The minimum absolute atomic E-state index is 0.0550. The van der Waals surface area contributed by atoms with Crippen molar-refractivity contribution in [3.8, 4) is 79.0 Å². The van der Waals surface area contributed by atoms with E-state index in [9.17, 15) is 0 Å².